The molecule has 2 bridgehead atoms. The number of pyridine rings is 1. The molecular weight excluding hydrogens is 329 g/mol. The van der Waals surface area contributed by atoms with Crippen LogP contribution in [0.5, 0.6) is 0 Å². The zero-order valence-electron chi connectivity index (χ0n) is 12.7. The molecule has 3 rings (SSSR count). The molecule has 3 heterocycles. The molecule has 128 valence electrons. The first-order valence-electron chi connectivity index (χ1n) is 6.95. The molecule has 10 heteroatoms. The first-order valence-corrected chi connectivity index (χ1v) is 8.44. The topological polar surface area (TPSA) is 105 Å². The highest BCUT2D eigenvalue weighted by Gasteiger charge is 2.64. The van der Waals surface area contributed by atoms with Gasteiger partial charge in [0.15, 0.2) is 6.23 Å². The zero-order valence-corrected chi connectivity index (χ0v) is 13.5. The third-order valence-electron chi connectivity index (χ3n) is 3.96. The van der Waals surface area contributed by atoms with Gasteiger partial charge in [0.2, 0.25) is 0 Å². The van der Waals surface area contributed by atoms with Gasteiger partial charge in [0.25, 0.3) is 5.56 Å². The molecule has 1 N–H and O–H groups in total. The van der Waals surface area contributed by atoms with Gasteiger partial charge in [-0.05, 0) is 6.07 Å². The van der Waals surface area contributed by atoms with E-state index >= 15 is 0 Å². The van der Waals surface area contributed by atoms with Crippen molar-refractivity contribution in [3.8, 4) is 0 Å². The number of phosphoric acid groups is 1. The summed E-state index contributed by atoms with van der Waals surface area (Å²) in [6.07, 6.45) is -0.866. The number of methoxy groups -OCH3 is 1. The van der Waals surface area contributed by atoms with Crippen molar-refractivity contribution in [1.29, 1.82) is 0 Å². The van der Waals surface area contributed by atoms with Gasteiger partial charge in [-0.2, -0.15) is 0 Å². The average molecular weight is 347 g/mol. The molecule has 0 spiro atoms. The van der Waals surface area contributed by atoms with Gasteiger partial charge in [0, 0.05) is 26.5 Å². The van der Waals surface area contributed by atoms with Crippen LogP contribution in [0, 0.1) is 0 Å². The molecular formula is C13H18NO8P. The highest BCUT2D eigenvalue weighted by atomic mass is 31.2. The Hall–Kier alpha value is -1.06. The number of hydrogen-bond acceptors (Lipinski definition) is 7. The van der Waals surface area contributed by atoms with Crippen LogP contribution in [0.25, 0.3) is 0 Å². The van der Waals surface area contributed by atoms with Crippen LogP contribution in [0.3, 0.4) is 0 Å². The van der Waals surface area contributed by atoms with Gasteiger partial charge < -0.3 is 19.1 Å². The smallest absolute Gasteiger partial charge is 0.381 e. The summed E-state index contributed by atoms with van der Waals surface area (Å²) >= 11 is 0. The Labute approximate surface area is 132 Å². The van der Waals surface area contributed by atoms with Gasteiger partial charge >= 0.3 is 7.82 Å². The molecule has 0 radical (unpaired) electrons. The second-order valence-corrected chi connectivity index (χ2v) is 6.92. The van der Waals surface area contributed by atoms with Crippen LogP contribution in [0.2, 0.25) is 0 Å². The third kappa shape index (κ3) is 2.89. The van der Waals surface area contributed by atoms with Gasteiger partial charge in [-0.1, -0.05) is 6.07 Å². The molecule has 2 saturated heterocycles. The number of nitrogens with zero attached hydrogens (tertiary/aromatic N) is 1. The van der Waals surface area contributed by atoms with Crippen LogP contribution in [0.15, 0.2) is 29.2 Å². The van der Waals surface area contributed by atoms with Crippen LogP contribution < -0.4 is 5.56 Å². The van der Waals surface area contributed by atoms with Crippen molar-refractivity contribution in [2.75, 3.05) is 27.4 Å². The maximum Gasteiger partial charge on any atom is 0.472 e. The molecule has 0 saturated carbocycles. The largest absolute Gasteiger partial charge is 0.472 e. The van der Waals surface area contributed by atoms with E-state index < -0.39 is 31.9 Å². The number of ether oxygens (including phenoxy) is 3. The maximum atomic E-state index is 12.0. The number of fused-ring (bicyclic) bond motifs is 2. The molecule has 0 amide bonds. The molecule has 9 nitrogen and oxygen atoms in total. The number of aromatic nitrogens is 1. The Kier molecular flexibility index (Phi) is 4.45. The molecule has 5 atom stereocenters. The molecule has 2 aliphatic rings. The lowest BCUT2D eigenvalue weighted by Crippen LogP contribution is -2.45. The van der Waals surface area contributed by atoms with Crippen molar-refractivity contribution in [3.05, 3.63) is 34.7 Å². The second-order valence-electron chi connectivity index (χ2n) is 5.41. The Morgan fingerprint density at radius 2 is 2.26 bits per heavy atom. The molecule has 1 aromatic heterocycles. The zero-order chi connectivity index (χ0) is 16.7. The minimum absolute atomic E-state index is 0.0793. The summed E-state index contributed by atoms with van der Waals surface area (Å²) in [5, 5.41) is 0. The van der Waals surface area contributed by atoms with Crippen LogP contribution in [-0.2, 0) is 27.8 Å². The first-order chi connectivity index (χ1) is 10.9. The van der Waals surface area contributed by atoms with Crippen LogP contribution in [0.1, 0.15) is 6.23 Å². The van der Waals surface area contributed by atoms with E-state index in [0.717, 1.165) is 7.11 Å². The summed E-state index contributed by atoms with van der Waals surface area (Å²) in [5.41, 5.74) is -1.37. The lowest BCUT2D eigenvalue weighted by Gasteiger charge is -2.31. The van der Waals surface area contributed by atoms with E-state index in [1.54, 1.807) is 18.3 Å². The lowest BCUT2D eigenvalue weighted by molar-refractivity contribution is -0.190. The fourth-order valence-corrected chi connectivity index (χ4v) is 3.64. The summed E-state index contributed by atoms with van der Waals surface area (Å²) in [6, 6.07) is 4.68. The average Bonchev–Trinajstić information content (AvgIpc) is 2.99. The van der Waals surface area contributed by atoms with Crippen molar-refractivity contribution < 1.29 is 32.7 Å². The number of rotatable bonds is 6. The Bertz CT molecular complexity index is 678. The maximum absolute atomic E-state index is 12.0. The van der Waals surface area contributed by atoms with Crippen molar-refractivity contribution in [1.82, 2.24) is 4.57 Å². The Morgan fingerprint density at radius 3 is 2.91 bits per heavy atom. The van der Waals surface area contributed by atoms with Crippen molar-refractivity contribution in [2.24, 2.45) is 0 Å². The van der Waals surface area contributed by atoms with Crippen molar-refractivity contribution in [3.63, 3.8) is 0 Å². The normalized spacial score (nSPS) is 35.3. The van der Waals surface area contributed by atoms with E-state index in [4.69, 9.17) is 18.7 Å². The van der Waals surface area contributed by atoms with Gasteiger partial charge in [0.05, 0.1) is 13.2 Å². The van der Waals surface area contributed by atoms with Crippen LogP contribution in [0.4, 0.5) is 0 Å². The minimum atomic E-state index is -4.26. The fraction of sp³-hybridized carbons (Fsp3) is 0.615. The molecule has 1 aromatic rings. The van der Waals surface area contributed by atoms with E-state index in [1.165, 1.54) is 17.7 Å². The number of hydrogen-bond donors (Lipinski definition) is 1. The van der Waals surface area contributed by atoms with Crippen molar-refractivity contribution in [2.45, 2.75) is 24.0 Å². The second kappa shape index (κ2) is 6.10. The van der Waals surface area contributed by atoms with Crippen LogP contribution >= 0.6 is 7.82 Å². The SMILES string of the molecule is COC[C@@]12COC(C(n3ccccc3=O)O1)[C@@H]2OP(=O)(O)OC. The number of phosphoric ester groups is 1. The highest BCUT2D eigenvalue weighted by Crippen LogP contribution is 2.54. The van der Waals surface area contributed by atoms with Gasteiger partial charge in [0.1, 0.15) is 17.8 Å². The van der Waals surface area contributed by atoms with E-state index in [9.17, 15) is 14.3 Å². The Balaban J connectivity index is 1.95. The van der Waals surface area contributed by atoms with Crippen LogP contribution in [-0.4, -0.2) is 54.7 Å². The minimum Gasteiger partial charge on any atom is -0.381 e. The summed E-state index contributed by atoms with van der Waals surface area (Å²) < 4.78 is 39.6. The standard InChI is InChI=1S/C13H18NO8P/c1-18-7-13-8-20-10(11(13)22-23(16,17)19-2)12(21-13)14-6-4-3-5-9(14)15/h3-6,10-12H,7-8H2,1-2H3,(H,16,17)/t10?,11-,12?,13-/m0/s1. The van der Waals surface area contributed by atoms with Gasteiger partial charge in [-0.25, -0.2) is 4.57 Å². The predicted molar refractivity (Wildman–Crippen MR) is 76.9 cm³/mol. The molecule has 2 fully saturated rings. The predicted octanol–water partition coefficient (Wildman–Crippen LogP) is 0.293. The lowest BCUT2D eigenvalue weighted by atomic mass is 10.0. The van der Waals surface area contributed by atoms with E-state index in [0.29, 0.717) is 0 Å². The third-order valence-corrected chi connectivity index (χ3v) is 4.92. The molecule has 0 aromatic carbocycles. The quantitative estimate of drug-likeness (QED) is 0.732. The summed E-state index contributed by atoms with van der Waals surface area (Å²) in [6.45, 7) is 0.202. The molecule has 23 heavy (non-hydrogen) atoms. The van der Waals surface area contributed by atoms with Crippen molar-refractivity contribution >= 4 is 7.82 Å². The molecule has 3 unspecified atom stereocenters. The fourth-order valence-electron chi connectivity index (χ4n) is 2.96. The molecule has 0 aliphatic carbocycles. The van der Waals surface area contributed by atoms with Gasteiger partial charge in [-0.15, -0.1) is 0 Å². The molecule has 2 aliphatic heterocycles. The summed E-state index contributed by atoms with van der Waals surface area (Å²) in [4.78, 5) is 21.7. The summed E-state index contributed by atoms with van der Waals surface area (Å²) in [7, 11) is -1.71. The Morgan fingerprint density at radius 1 is 1.48 bits per heavy atom. The highest BCUT2D eigenvalue weighted by molar-refractivity contribution is 7.47. The monoisotopic (exact) mass is 347 g/mol. The van der Waals surface area contributed by atoms with E-state index in [2.05, 4.69) is 4.52 Å². The van der Waals surface area contributed by atoms with Gasteiger partial charge in [-0.3, -0.25) is 18.4 Å². The van der Waals surface area contributed by atoms with E-state index in [1.807, 2.05) is 0 Å². The first kappa shape index (κ1) is 16.8. The van der Waals surface area contributed by atoms with E-state index in [-0.39, 0.29) is 18.8 Å². The summed E-state index contributed by atoms with van der Waals surface area (Å²) in [5.74, 6) is 0.